The number of aromatic amines is 2. The van der Waals surface area contributed by atoms with Gasteiger partial charge in [-0.05, 0) is 38.1 Å². The second-order valence-electron chi connectivity index (χ2n) is 7.22. The number of carbonyl (C=O) groups is 1. The number of nitrogens with one attached hydrogen (secondary N) is 4. The van der Waals surface area contributed by atoms with Crippen molar-refractivity contribution in [2.45, 2.75) is 32.9 Å². The SMILES string of the molecule is CC(C)NC(=O)CCn1ccc(-c2nc(Nc3ccc4[nH]ncc4c3)n[nH]2)cc1=O. The van der Waals surface area contributed by atoms with Crippen molar-refractivity contribution in [2.24, 2.45) is 0 Å². The molecule has 10 nitrogen and oxygen atoms in total. The molecule has 0 fully saturated rings. The lowest BCUT2D eigenvalue weighted by atomic mass is 10.2. The van der Waals surface area contributed by atoms with Crippen LogP contribution < -0.4 is 16.2 Å². The van der Waals surface area contributed by atoms with E-state index in [9.17, 15) is 9.59 Å². The van der Waals surface area contributed by atoms with Gasteiger partial charge in [-0.3, -0.25) is 19.8 Å². The Hall–Kier alpha value is -3.95. The van der Waals surface area contributed by atoms with Crippen LogP contribution >= 0.6 is 0 Å². The van der Waals surface area contributed by atoms with Crippen LogP contribution in [-0.4, -0.2) is 41.9 Å². The highest BCUT2D eigenvalue weighted by molar-refractivity contribution is 5.82. The number of H-pyrrole nitrogens is 2. The quantitative estimate of drug-likeness (QED) is 0.372. The molecule has 10 heteroatoms. The van der Waals surface area contributed by atoms with Crippen molar-refractivity contribution in [1.82, 2.24) is 35.3 Å². The molecule has 0 saturated heterocycles. The molecule has 0 saturated carbocycles. The largest absolute Gasteiger partial charge is 0.354 e. The monoisotopic (exact) mass is 406 g/mol. The number of nitrogens with zero attached hydrogens (tertiary/aromatic N) is 4. The molecular weight excluding hydrogens is 384 g/mol. The van der Waals surface area contributed by atoms with E-state index in [-0.39, 0.29) is 23.9 Å². The Morgan fingerprint density at radius 3 is 2.87 bits per heavy atom. The highest BCUT2D eigenvalue weighted by Gasteiger charge is 2.09. The summed E-state index contributed by atoms with van der Waals surface area (Å²) < 4.78 is 1.50. The normalized spacial score (nSPS) is 11.2. The Labute approximate surface area is 171 Å². The average molecular weight is 406 g/mol. The second kappa shape index (κ2) is 8.19. The first-order chi connectivity index (χ1) is 14.5. The van der Waals surface area contributed by atoms with Gasteiger partial charge in [0.2, 0.25) is 11.9 Å². The molecule has 0 bridgehead atoms. The van der Waals surface area contributed by atoms with Crippen LogP contribution in [0.2, 0.25) is 0 Å². The summed E-state index contributed by atoms with van der Waals surface area (Å²) in [5.74, 6) is 0.784. The molecule has 1 aromatic carbocycles. The fourth-order valence-corrected chi connectivity index (χ4v) is 3.05. The number of hydrogen-bond acceptors (Lipinski definition) is 6. The Bertz CT molecular complexity index is 1240. The summed E-state index contributed by atoms with van der Waals surface area (Å²) in [4.78, 5) is 28.6. The predicted molar refractivity (Wildman–Crippen MR) is 113 cm³/mol. The van der Waals surface area contributed by atoms with Crippen LogP contribution in [0.1, 0.15) is 20.3 Å². The van der Waals surface area contributed by atoms with Crippen LogP contribution in [0, 0.1) is 0 Å². The van der Waals surface area contributed by atoms with Crippen LogP contribution in [0.25, 0.3) is 22.3 Å². The third kappa shape index (κ3) is 4.37. The number of aryl methyl sites for hydroxylation is 1. The molecule has 30 heavy (non-hydrogen) atoms. The van der Waals surface area contributed by atoms with Crippen LogP contribution in [0.5, 0.6) is 0 Å². The molecule has 0 unspecified atom stereocenters. The number of pyridine rings is 1. The smallest absolute Gasteiger partial charge is 0.251 e. The second-order valence-corrected chi connectivity index (χ2v) is 7.22. The first kappa shape index (κ1) is 19.4. The number of hydrogen-bond donors (Lipinski definition) is 4. The number of benzene rings is 1. The topological polar surface area (TPSA) is 133 Å². The number of carbonyl (C=O) groups excluding carboxylic acids is 1. The van der Waals surface area contributed by atoms with Crippen molar-refractivity contribution >= 4 is 28.4 Å². The molecule has 0 aliphatic heterocycles. The van der Waals surface area contributed by atoms with Gasteiger partial charge >= 0.3 is 0 Å². The maximum atomic E-state index is 12.4. The fourth-order valence-electron chi connectivity index (χ4n) is 3.05. The lowest BCUT2D eigenvalue weighted by molar-refractivity contribution is -0.121. The Balaban J connectivity index is 1.44. The van der Waals surface area contributed by atoms with E-state index in [1.165, 1.54) is 10.6 Å². The molecule has 4 rings (SSSR count). The van der Waals surface area contributed by atoms with Gasteiger partial charge in [0, 0.05) is 47.9 Å². The molecule has 4 aromatic rings. The van der Waals surface area contributed by atoms with Gasteiger partial charge in [0.1, 0.15) is 0 Å². The molecule has 0 spiro atoms. The van der Waals surface area contributed by atoms with Crippen LogP contribution in [-0.2, 0) is 11.3 Å². The van der Waals surface area contributed by atoms with Crippen LogP contribution in [0.4, 0.5) is 11.6 Å². The standard InChI is InChI=1S/C20H22N8O2/c1-12(2)22-17(29)6-8-28-7-5-13(10-18(28)30)19-24-20(27-26-19)23-15-3-4-16-14(9-15)11-21-25-16/h3-5,7,9-12H,6,8H2,1-2H3,(H,21,25)(H,22,29)(H2,23,24,26,27). The number of fused-ring (bicyclic) bond motifs is 1. The Morgan fingerprint density at radius 2 is 2.07 bits per heavy atom. The van der Waals surface area contributed by atoms with E-state index in [2.05, 4.69) is 36.0 Å². The molecule has 0 aliphatic carbocycles. The van der Waals surface area contributed by atoms with Crippen LogP contribution in [0.3, 0.4) is 0 Å². The summed E-state index contributed by atoms with van der Waals surface area (Å²) in [6, 6.07) is 9.07. The Kier molecular flexibility index (Phi) is 5.29. The van der Waals surface area contributed by atoms with Gasteiger partial charge in [-0.25, -0.2) is 0 Å². The minimum atomic E-state index is -0.207. The molecule has 3 aromatic heterocycles. The zero-order chi connectivity index (χ0) is 21.1. The van der Waals surface area contributed by atoms with Gasteiger partial charge in [0.25, 0.3) is 5.56 Å². The van der Waals surface area contributed by atoms with Crippen molar-refractivity contribution in [3.63, 3.8) is 0 Å². The Morgan fingerprint density at radius 1 is 1.20 bits per heavy atom. The summed E-state index contributed by atoms with van der Waals surface area (Å²) >= 11 is 0. The maximum Gasteiger partial charge on any atom is 0.251 e. The van der Waals surface area contributed by atoms with Gasteiger partial charge in [-0.1, -0.05) is 0 Å². The van der Waals surface area contributed by atoms with E-state index >= 15 is 0 Å². The highest BCUT2D eigenvalue weighted by atomic mass is 16.2. The van der Waals surface area contributed by atoms with Gasteiger partial charge in [0.15, 0.2) is 5.82 Å². The summed E-state index contributed by atoms with van der Waals surface area (Å²) in [5, 5.41) is 20.8. The maximum absolute atomic E-state index is 12.4. The van der Waals surface area contributed by atoms with Gasteiger partial charge in [-0.15, -0.1) is 5.10 Å². The molecule has 0 aliphatic rings. The molecule has 0 radical (unpaired) electrons. The summed E-state index contributed by atoms with van der Waals surface area (Å²) in [5.41, 5.74) is 2.18. The van der Waals surface area contributed by atoms with E-state index in [0.717, 1.165) is 16.6 Å². The summed E-state index contributed by atoms with van der Waals surface area (Å²) in [7, 11) is 0. The minimum Gasteiger partial charge on any atom is -0.354 e. The third-order valence-corrected chi connectivity index (χ3v) is 4.48. The molecular formula is C20H22N8O2. The van der Waals surface area contributed by atoms with Crippen molar-refractivity contribution in [3.05, 3.63) is 53.1 Å². The van der Waals surface area contributed by atoms with Crippen molar-refractivity contribution in [3.8, 4) is 11.4 Å². The number of aromatic nitrogens is 6. The van der Waals surface area contributed by atoms with Crippen molar-refractivity contribution in [1.29, 1.82) is 0 Å². The molecule has 0 atom stereocenters. The number of rotatable bonds is 7. The number of amides is 1. The number of anilines is 2. The fraction of sp³-hybridized carbons (Fsp3) is 0.250. The van der Waals surface area contributed by atoms with Gasteiger partial charge < -0.3 is 15.2 Å². The van der Waals surface area contributed by atoms with Crippen molar-refractivity contribution < 1.29 is 4.79 Å². The van der Waals surface area contributed by atoms with Gasteiger partial charge in [0.05, 0.1) is 11.7 Å². The lowest BCUT2D eigenvalue weighted by Crippen LogP contribution is -2.31. The molecule has 154 valence electrons. The lowest BCUT2D eigenvalue weighted by Gasteiger charge is -2.09. The third-order valence-electron chi connectivity index (χ3n) is 4.48. The van der Waals surface area contributed by atoms with Crippen molar-refractivity contribution in [2.75, 3.05) is 5.32 Å². The highest BCUT2D eigenvalue weighted by Crippen LogP contribution is 2.20. The molecule has 1 amide bonds. The zero-order valence-corrected chi connectivity index (χ0v) is 16.6. The first-order valence-corrected chi connectivity index (χ1v) is 9.61. The van der Waals surface area contributed by atoms with E-state index < -0.39 is 0 Å². The van der Waals surface area contributed by atoms with E-state index in [1.54, 1.807) is 18.5 Å². The summed E-state index contributed by atoms with van der Waals surface area (Å²) in [6.07, 6.45) is 3.64. The summed E-state index contributed by atoms with van der Waals surface area (Å²) in [6.45, 7) is 4.11. The van der Waals surface area contributed by atoms with E-state index in [4.69, 9.17) is 0 Å². The van der Waals surface area contributed by atoms with E-state index in [0.29, 0.717) is 23.9 Å². The van der Waals surface area contributed by atoms with Gasteiger partial charge in [-0.2, -0.15) is 10.1 Å². The van der Waals surface area contributed by atoms with E-state index in [1.807, 2.05) is 32.0 Å². The predicted octanol–water partition coefficient (Wildman–Crippen LogP) is 2.17. The van der Waals surface area contributed by atoms with Crippen LogP contribution in [0.15, 0.2) is 47.5 Å². The minimum absolute atomic E-state index is 0.0763. The first-order valence-electron chi connectivity index (χ1n) is 9.61. The molecule has 3 heterocycles. The average Bonchev–Trinajstić information content (AvgIpc) is 3.35. The zero-order valence-electron chi connectivity index (χ0n) is 16.6. The molecule has 4 N–H and O–H groups in total.